The average molecular weight is 271 g/mol. The Morgan fingerprint density at radius 2 is 2.05 bits per heavy atom. The van der Waals surface area contributed by atoms with Crippen molar-refractivity contribution in [3.05, 3.63) is 35.4 Å². The first-order chi connectivity index (χ1) is 8.97. The van der Waals surface area contributed by atoms with Crippen molar-refractivity contribution in [3.63, 3.8) is 0 Å². The molecule has 1 N–H and O–H groups in total. The van der Waals surface area contributed by atoms with Gasteiger partial charge in [-0.2, -0.15) is 0 Å². The van der Waals surface area contributed by atoms with Crippen LogP contribution in [0.15, 0.2) is 18.2 Å². The smallest absolute Gasteiger partial charge is 0.334 e. The van der Waals surface area contributed by atoms with Crippen LogP contribution in [-0.4, -0.2) is 41.8 Å². The molecular formula is C13H15F2NO3. The Hall–Kier alpha value is -1.53. The molecule has 0 spiro atoms. The van der Waals surface area contributed by atoms with E-state index in [4.69, 9.17) is 9.84 Å². The highest BCUT2D eigenvalue weighted by Gasteiger charge is 2.29. The minimum atomic E-state index is -1.03. The molecule has 0 amide bonds. The zero-order valence-corrected chi connectivity index (χ0v) is 10.5. The van der Waals surface area contributed by atoms with Crippen LogP contribution >= 0.6 is 0 Å². The summed E-state index contributed by atoms with van der Waals surface area (Å²) in [6.07, 6.45) is -0.894. The summed E-state index contributed by atoms with van der Waals surface area (Å²) >= 11 is 0. The molecule has 2 atom stereocenters. The zero-order valence-electron chi connectivity index (χ0n) is 10.5. The molecule has 1 heterocycles. The number of carboxylic acid groups (broad SMARTS) is 1. The van der Waals surface area contributed by atoms with Gasteiger partial charge >= 0.3 is 5.97 Å². The van der Waals surface area contributed by atoms with Crippen LogP contribution in [-0.2, 0) is 9.53 Å². The Labute approximate surface area is 109 Å². The van der Waals surface area contributed by atoms with Crippen molar-refractivity contribution in [2.45, 2.75) is 19.1 Å². The predicted octanol–water partition coefficient (Wildman–Crippen LogP) is 1.81. The maximum Gasteiger partial charge on any atom is 0.334 e. The minimum absolute atomic E-state index is 0.203. The molecule has 4 nitrogen and oxygen atoms in total. The molecule has 0 saturated carbocycles. The lowest BCUT2D eigenvalue weighted by Gasteiger charge is -2.35. The van der Waals surface area contributed by atoms with Gasteiger partial charge in [-0.3, -0.25) is 4.90 Å². The molecule has 19 heavy (non-hydrogen) atoms. The number of ether oxygens (including phenoxy) is 1. The lowest BCUT2D eigenvalue weighted by Crippen LogP contribution is -2.46. The van der Waals surface area contributed by atoms with E-state index in [-0.39, 0.29) is 12.6 Å². The van der Waals surface area contributed by atoms with Crippen molar-refractivity contribution in [3.8, 4) is 0 Å². The molecule has 104 valence electrons. The van der Waals surface area contributed by atoms with Crippen LogP contribution in [0.1, 0.15) is 18.5 Å². The number of carboxylic acids is 1. The summed E-state index contributed by atoms with van der Waals surface area (Å²) in [5, 5.41) is 8.92. The van der Waals surface area contributed by atoms with E-state index >= 15 is 0 Å². The highest BCUT2D eigenvalue weighted by atomic mass is 19.1. The zero-order chi connectivity index (χ0) is 14.0. The molecule has 1 saturated heterocycles. The highest BCUT2D eigenvalue weighted by Crippen LogP contribution is 2.24. The van der Waals surface area contributed by atoms with Crippen molar-refractivity contribution in [1.29, 1.82) is 0 Å². The van der Waals surface area contributed by atoms with Gasteiger partial charge < -0.3 is 9.84 Å². The molecule has 0 aliphatic carbocycles. The van der Waals surface area contributed by atoms with Crippen LogP contribution in [0.4, 0.5) is 8.78 Å². The van der Waals surface area contributed by atoms with Crippen molar-refractivity contribution in [1.82, 2.24) is 4.90 Å². The van der Waals surface area contributed by atoms with E-state index in [1.165, 1.54) is 12.1 Å². The second-order valence-corrected chi connectivity index (χ2v) is 4.57. The van der Waals surface area contributed by atoms with Gasteiger partial charge in [0.25, 0.3) is 0 Å². The Morgan fingerprint density at radius 1 is 1.42 bits per heavy atom. The van der Waals surface area contributed by atoms with Crippen LogP contribution < -0.4 is 0 Å². The standard InChI is InChI=1S/C13H15F2NO3/c1-8(9-4-10(14)6-11(15)5-9)16-2-3-19-12(7-16)13(17)18/h4-6,8,12H,2-3,7H2,1H3,(H,17,18). The summed E-state index contributed by atoms with van der Waals surface area (Å²) in [7, 11) is 0. The lowest BCUT2D eigenvalue weighted by molar-refractivity contribution is -0.157. The largest absolute Gasteiger partial charge is 0.479 e. The molecule has 0 radical (unpaired) electrons. The third kappa shape index (κ3) is 3.27. The van der Waals surface area contributed by atoms with Gasteiger partial charge in [0.2, 0.25) is 0 Å². The summed E-state index contributed by atoms with van der Waals surface area (Å²) in [6, 6.07) is 3.07. The van der Waals surface area contributed by atoms with E-state index < -0.39 is 23.7 Å². The third-order valence-electron chi connectivity index (χ3n) is 3.29. The Morgan fingerprint density at radius 3 is 2.63 bits per heavy atom. The minimum Gasteiger partial charge on any atom is -0.479 e. The first-order valence-electron chi connectivity index (χ1n) is 6.02. The van der Waals surface area contributed by atoms with Crippen LogP contribution in [0, 0.1) is 11.6 Å². The molecular weight excluding hydrogens is 256 g/mol. The lowest BCUT2D eigenvalue weighted by atomic mass is 10.1. The fourth-order valence-corrected chi connectivity index (χ4v) is 2.20. The molecule has 2 rings (SSSR count). The van der Waals surface area contributed by atoms with Gasteiger partial charge in [-0.25, -0.2) is 13.6 Å². The molecule has 6 heteroatoms. The van der Waals surface area contributed by atoms with Crippen LogP contribution in [0.3, 0.4) is 0 Å². The normalized spacial score (nSPS) is 22.2. The predicted molar refractivity (Wildman–Crippen MR) is 63.7 cm³/mol. The molecule has 1 fully saturated rings. The van der Waals surface area contributed by atoms with Gasteiger partial charge in [-0.05, 0) is 24.6 Å². The van der Waals surface area contributed by atoms with Gasteiger partial charge in [0.1, 0.15) is 11.6 Å². The van der Waals surface area contributed by atoms with Gasteiger partial charge in [0, 0.05) is 25.2 Å². The number of benzene rings is 1. The summed E-state index contributed by atoms with van der Waals surface area (Å²) in [5.41, 5.74) is 0.489. The number of carbonyl (C=O) groups is 1. The van der Waals surface area contributed by atoms with Crippen molar-refractivity contribution >= 4 is 5.97 Å². The number of aliphatic carboxylic acids is 1. The number of nitrogens with zero attached hydrogens (tertiary/aromatic N) is 1. The quantitative estimate of drug-likeness (QED) is 0.911. The van der Waals surface area contributed by atoms with E-state index in [2.05, 4.69) is 0 Å². The van der Waals surface area contributed by atoms with Gasteiger partial charge in [-0.1, -0.05) is 0 Å². The maximum absolute atomic E-state index is 13.2. The van der Waals surface area contributed by atoms with Gasteiger partial charge in [0.05, 0.1) is 6.61 Å². The second-order valence-electron chi connectivity index (χ2n) is 4.57. The van der Waals surface area contributed by atoms with Crippen LogP contribution in [0.2, 0.25) is 0 Å². The molecule has 1 aromatic carbocycles. The fraction of sp³-hybridized carbons (Fsp3) is 0.462. The number of rotatable bonds is 3. The van der Waals surface area contributed by atoms with Crippen molar-refractivity contribution in [2.75, 3.05) is 19.7 Å². The first-order valence-corrected chi connectivity index (χ1v) is 6.02. The number of morpholine rings is 1. The first kappa shape index (κ1) is 13.9. The second kappa shape index (κ2) is 5.63. The fourth-order valence-electron chi connectivity index (χ4n) is 2.20. The molecule has 0 aromatic heterocycles. The summed E-state index contributed by atoms with van der Waals surface area (Å²) in [6.45, 7) is 2.81. The number of hydrogen-bond acceptors (Lipinski definition) is 3. The Bertz CT molecular complexity index is 461. The van der Waals surface area contributed by atoms with Crippen molar-refractivity contribution < 1.29 is 23.4 Å². The number of halogens is 2. The van der Waals surface area contributed by atoms with E-state index in [1.54, 1.807) is 6.92 Å². The van der Waals surface area contributed by atoms with E-state index in [0.29, 0.717) is 18.7 Å². The molecule has 0 bridgehead atoms. The molecule has 1 aliphatic heterocycles. The van der Waals surface area contributed by atoms with E-state index in [1.807, 2.05) is 4.90 Å². The van der Waals surface area contributed by atoms with E-state index in [0.717, 1.165) is 6.07 Å². The van der Waals surface area contributed by atoms with Gasteiger partial charge in [-0.15, -0.1) is 0 Å². The van der Waals surface area contributed by atoms with Crippen LogP contribution in [0.5, 0.6) is 0 Å². The molecule has 1 aliphatic rings. The third-order valence-corrected chi connectivity index (χ3v) is 3.29. The maximum atomic E-state index is 13.2. The van der Waals surface area contributed by atoms with Crippen LogP contribution in [0.25, 0.3) is 0 Å². The SMILES string of the molecule is CC(c1cc(F)cc(F)c1)N1CCOC(C(=O)O)C1. The van der Waals surface area contributed by atoms with Gasteiger partial charge in [0.15, 0.2) is 6.10 Å². The Balaban J connectivity index is 2.14. The van der Waals surface area contributed by atoms with E-state index in [9.17, 15) is 13.6 Å². The monoisotopic (exact) mass is 271 g/mol. The average Bonchev–Trinajstić information content (AvgIpc) is 2.37. The summed E-state index contributed by atoms with van der Waals surface area (Å²) in [5.74, 6) is -2.29. The highest BCUT2D eigenvalue weighted by molar-refractivity contribution is 5.72. The number of hydrogen-bond donors (Lipinski definition) is 1. The van der Waals surface area contributed by atoms with Crippen molar-refractivity contribution in [2.24, 2.45) is 0 Å². The Kier molecular flexibility index (Phi) is 4.11. The summed E-state index contributed by atoms with van der Waals surface area (Å²) < 4.78 is 31.5. The molecule has 1 aromatic rings. The summed E-state index contributed by atoms with van der Waals surface area (Å²) in [4.78, 5) is 12.7. The topological polar surface area (TPSA) is 49.8 Å². The molecule has 2 unspecified atom stereocenters.